The van der Waals surface area contributed by atoms with E-state index in [1.807, 2.05) is 75.4 Å². The summed E-state index contributed by atoms with van der Waals surface area (Å²) >= 11 is 7.37. The Kier molecular flexibility index (Phi) is 12.3. The molecule has 1 N–H and O–H groups in total. The number of piperazine rings is 1. The molecule has 2 fully saturated rings. The maximum atomic E-state index is 14.0. The molecule has 0 radical (unpaired) electrons. The highest BCUT2D eigenvalue weighted by Crippen LogP contribution is 2.36. The summed E-state index contributed by atoms with van der Waals surface area (Å²) in [5, 5.41) is 3.65. The van der Waals surface area contributed by atoms with Gasteiger partial charge in [-0.15, -0.1) is 11.8 Å². The Hall–Kier alpha value is -5.73. The summed E-state index contributed by atoms with van der Waals surface area (Å²) in [6, 6.07) is 29.2. The van der Waals surface area contributed by atoms with Gasteiger partial charge in [0.25, 0.3) is 5.91 Å². The van der Waals surface area contributed by atoms with E-state index in [0.717, 1.165) is 5.56 Å². The number of carbonyl (C=O) groups excluding carboxylic acids is 3. The van der Waals surface area contributed by atoms with Gasteiger partial charge < -0.3 is 34.2 Å². The summed E-state index contributed by atoms with van der Waals surface area (Å²) in [6.45, 7) is 2.33. The molecule has 56 heavy (non-hydrogen) atoms. The van der Waals surface area contributed by atoms with Crippen molar-refractivity contribution in [2.45, 2.75) is 25.5 Å². The Morgan fingerprint density at radius 1 is 0.821 bits per heavy atom. The Morgan fingerprint density at radius 2 is 1.50 bits per heavy atom. The van der Waals surface area contributed by atoms with Gasteiger partial charge in [0.15, 0.2) is 17.3 Å². The molecule has 4 aromatic carbocycles. The molecule has 288 valence electrons. The van der Waals surface area contributed by atoms with E-state index in [4.69, 9.17) is 36.4 Å². The second kappa shape index (κ2) is 17.8. The van der Waals surface area contributed by atoms with E-state index >= 15 is 0 Å². The summed E-state index contributed by atoms with van der Waals surface area (Å²) in [7, 11) is 3.10. The number of ketones is 1. The highest BCUT2D eigenvalue weighted by Gasteiger charge is 2.34. The van der Waals surface area contributed by atoms with Crippen molar-refractivity contribution in [2.24, 2.45) is 0 Å². The van der Waals surface area contributed by atoms with E-state index in [0.29, 0.717) is 107 Å². The molecule has 1 atom stereocenters. The molecule has 0 aliphatic carbocycles. The van der Waals surface area contributed by atoms with E-state index in [2.05, 4.69) is 5.32 Å². The molecule has 3 heterocycles. The fourth-order valence-corrected chi connectivity index (χ4v) is 8.21. The van der Waals surface area contributed by atoms with E-state index in [1.54, 1.807) is 62.4 Å². The van der Waals surface area contributed by atoms with Crippen LogP contribution >= 0.6 is 24.0 Å². The van der Waals surface area contributed by atoms with Crippen LogP contribution in [0.1, 0.15) is 39.1 Å². The zero-order valence-corrected chi connectivity index (χ0v) is 32.8. The lowest BCUT2D eigenvalue weighted by Crippen LogP contribution is -2.49. The van der Waals surface area contributed by atoms with Gasteiger partial charge in [0.2, 0.25) is 11.9 Å². The average Bonchev–Trinajstić information content (AvgIpc) is 3.75. The van der Waals surface area contributed by atoms with Crippen LogP contribution in [0.4, 0.5) is 11.8 Å². The average molecular weight is 791 g/mol. The molecule has 5 aromatic rings. The van der Waals surface area contributed by atoms with Crippen molar-refractivity contribution in [3.63, 3.8) is 0 Å². The van der Waals surface area contributed by atoms with Crippen molar-refractivity contribution in [2.75, 3.05) is 62.2 Å². The minimum absolute atomic E-state index is 0.00859. The number of nitrogens with one attached hydrogen (secondary N) is 1. The molecule has 1 unspecified atom stereocenters. The van der Waals surface area contributed by atoms with Gasteiger partial charge in [0.1, 0.15) is 24.2 Å². The third-order valence-corrected chi connectivity index (χ3v) is 11.2. The number of benzene rings is 4. The predicted molar refractivity (Wildman–Crippen MR) is 222 cm³/mol. The Morgan fingerprint density at radius 3 is 2.20 bits per heavy atom. The first-order valence-corrected chi connectivity index (χ1v) is 19.9. The number of ether oxygens (including phenoxy) is 3. The molecule has 12 nitrogen and oxygen atoms in total. The van der Waals surface area contributed by atoms with Gasteiger partial charge in [-0.1, -0.05) is 72.9 Å². The molecular formula is C42H42N6O6S2. The number of nitrogens with zero attached hydrogens (tertiary/aromatic N) is 5. The molecule has 2 amide bonds. The monoisotopic (exact) mass is 790 g/mol. The van der Waals surface area contributed by atoms with Gasteiger partial charge in [0.05, 0.1) is 30.6 Å². The largest absolute Gasteiger partial charge is 0.493 e. The van der Waals surface area contributed by atoms with Crippen molar-refractivity contribution in [1.82, 2.24) is 19.8 Å². The van der Waals surface area contributed by atoms with Crippen molar-refractivity contribution in [3.05, 3.63) is 114 Å². The third-order valence-electron chi connectivity index (χ3n) is 9.80. The molecule has 2 aliphatic heterocycles. The Balaban J connectivity index is 1.03. The maximum absolute atomic E-state index is 14.0. The Bertz CT molecular complexity index is 2200. The van der Waals surface area contributed by atoms with Gasteiger partial charge >= 0.3 is 0 Å². The van der Waals surface area contributed by atoms with Gasteiger partial charge in [0, 0.05) is 67.4 Å². The highest BCUT2D eigenvalue weighted by molar-refractivity contribution is 7.99. The number of hydrogen-bond acceptors (Lipinski definition) is 11. The second-order valence-electron chi connectivity index (χ2n) is 13.3. The number of anilines is 2. The Labute approximate surface area is 335 Å². The summed E-state index contributed by atoms with van der Waals surface area (Å²) < 4.78 is 17.1. The van der Waals surface area contributed by atoms with Gasteiger partial charge in [-0.05, 0) is 35.9 Å². The number of aromatic nitrogens is 2. The summed E-state index contributed by atoms with van der Waals surface area (Å²) in [4.78, 5) is 56.3. The van der Waals surface area contributed by atoms with Gasteiger partial charge in [-0.3, -0.25) is 14.4 Å². The summed E-state index contributed by atoms with van der Waals surface area (Å²) in [5.41, 5.74) is 2.85. The topological polar surface area (TPSA) is 126 Å². The first-order valence-electron chi connectivity index (χ1n) is 18.3. The number of thiocarbonyl (C=S) groups is 1. The van der Waals surface area contributed by atoms with E-state index in [-0.39, 0.29) is 24.0 Å². The number of Topliss-reactive ketones (excluding diaryl/α,β-unsaturated/α-hetero) is 1. The highest BCUT2D eigenvalue weighted by atomic mass is 32.2. The number of hydrogen-bond donors (Lipinski definition) is 1. The number of carbonyl (C=O) groups is 3. The lowest BCUT2D eigenvalue weighted by atomic mass is 10.1. The molecule has 0 saturated carbocycles. The molecule has 2 saturated heterocycles. The van der Waals surface area contributed by atoms with Crippen molar-refractivity contribution < 1.29 is 28.6 Å². The number of thioether (sulfide) groups is 1. The van der Waals surface area contributed by atoms with Crippen LogP contribution < -0.4 is 24.4 Å². The van der Waals surface area contributed by atoms with Crippen LogP contribution in [0.5, 0.6) is 17.2 Å². The SMILES string of the molecule is COc1cc2nc(N3CCN(C(=O)c4ccc(OCc5ccccc5)cc4)CC3)nc(NC(=O)C3CSCN3C(=S)CCC(=O)c3ccccc3)c2cc1OC. The van der Waals surface area contributed by atoms with Gasteiger partial charge in [-0.2, -0.15) is 4.98 Å². The molecule has 0 bridgehead atoms. The van der Waals surface area contributed by atoms with E-state index in [9.17, 15) is 14.4 Å². The number of amides is 2. The van der Waals surface area contributed by atoms with Crippen LogP contribution in [0.25, 0.3) is 10.9 Å². The van der Waals surface area contributed by atoms with Gasteiger partial charge in [-0.25, -0.2) is 4.98 Å². The molecule has 7 rings (SSSR count). The lowest BCUT2D eigenvalue weighted by Gasteiger charge is -2.35. The van der Waals surface area contributed by atoms with Crippen LogP contribution in [0.2, 0.25) is 0 Å². The normalized spacial score (nSPS) is 15.4. The number of methoxy groups -OCH3 is 2. The summed E-state index contributed by atoms with van der Waals surface area (Å²) in [6.07, 6.45) is 0.628. The van der Waals surface area contributed by atoms with E-state index < -0.39 is 6.04 Å². The smallest absolute Gasteiger partial charge is 0.253 e. The molecule has 14 heteroatoms. The number of fused-ring (bicyclic) bond motifs is 1. The first-order chi connectivity index (χ1) is 27.3. The standard InChI is InChI=1S/C42H42N6O6S2/c1-52-36-23-32-33(24-37(36)53-2)43-42(45-39(32)44-40(50)34-26-56-27-48(34)38(55)18-17-35(49)29-11-7-4-8-12-29)47-21-19-46(20-22-47)41(51)30-13-15-31(16-14-30)54-25-28-9-5-3-6-10-28/h3-16,23-24,34H,17-22,25-27H2,1-2H3,(H,43,44,45,50). The predicted octanol–water partition coefficient (Wildman–Crippen LogP) is 6.49. The fraction of sp³-hybridized carbons (Fsp3) is 0.286. The minimum Gasteiger partial charge on any atom is -0.493 e. The second-order valence-corrected chi connectivity index (χ2v) is 14.8. The van der Waals surface area contributed by atoms with Crippen LogP contribution in [-0.2, 0) is 11.4 Å². The summed E-state index contributed by atoms with van der Waals surface area (Å²) in [5.74, 6) is 3.15. The zero-order valence-electron chi connectivity index (χ0n) is 31.2. The molecule has 0 spiro atoms. The zero-order chi connectivity index (χ0) is 39.0. The van der Waals surface area contributed by atoms with Crippen LogP contribution in [0.15, 0.2) is 97.1 Å². The number of rotatable bonds is 13. The first kappa shape index (κ1) is 38.5. The minimum atomic E-state index is -0.549. The molecular weight excluding hydrogens is 749 g/mol. The maximum Gasteiger partial charge on any atom is 0.253 e. The quantitative estimate of drug-likeness (QED) is 0.104. The van der Waals surface area contributed by atoms with E-state index in [1.165, 1.54) is 0 Å². The fourth-order valence-electron chi connectivity index (χ4n) is 6.64. The van der Waals surface area contributed by atoms with Crippen molar-refractivity contribution >= 4 is 69.2 Å². The van der Waals surface area contributed by atoms with Crippen LogP contribution in [0, 0.1) is 0 Å². The van der Waals surface area contributed by atoms with Crippen molar-refractivity contribution in [1.29, 1.82) is 0 Å². The van der Waals surface area contributed by atoms with Crippen molar-refractivity contribution in [3.8, 4) is 17.2 Å². The molecule has 1 aromatic heterocycles. The van der Waals surface area contributed by atoms with Crippen LogP contribution in [0.3, 0.4) is 0 Å². The third kappa shape index (κ3) is 8.87. The van der Waals surface area contributed by atoms with Crippen LogP contribution in [-0.4, -0.2) is 100 Å². The lowest BCUT2D eigenvalue weighted by molar-refractivity contribution is -0.118. The molecule has 2 aliphatic rings.